The van der Waals surface area contributed by atoms with Crippen LogP contribution < -0.4 is 4.74 Å². The van der Waals surface area contributed by atoms with Crippen molar-refractivity contribution in [3.63, 3.8) is 0 Å². The highest BCUT2D eigenvalue weighted by Gasteiger charge is 2.49. The van der Waals surface area contributed by atoms with Crippen molar-refractivity contribution < 1.29 is 9.53 Å². The number of rotatable bonds is 2. The lowest BCUT2D eigenvalue weighted by atomic mass is 9.68. The second-order valence-electron chi connectivity index (χ2n) is 4.89. The Bertz CT molecular complexity index is 438. The molecule has 1 aromatic carbocycles. The molecule has 0 radical (unpaired) electrons. The molecular formula is C13H15BrO2. The molecule has 16 heavy (non-hydrogen) atoms. The highest BCUT2D eigenvalue weighted by Crippen LogP contribution is 2.40. The number of aryl methyl sites for hydroxylation is 1. The van der Waals surface area contributed by atoms with Crippen LogP contribution in [0.15, 0.2) is 22.7 Å². The molecule has 1 saturated carbocycles. The highest BCUT2D eigenvalue weighted by molar-refractivity contribution is 9.10. The van der Waals surface area contributed by atoms with Crippen LogP contribution in [-0.2, 0) is 4.79 Å². The van der Waals surface area contributed by atoms with Crippen molar-refractivity contribution in [3.05, 3.63) is 28.2 Å². The van der Waals surface area contributed by atoms with E-state index < -0.39 is 0 Å². The van der Waals surface area contributed by atoms with Gasteiger partial charge in [0.25, 0.3) is 0 Å². The lowest BCUT2D eigenvalue weighted by Crippen LogP contribution is -2.53. The summed E-state index contributed by atoms with van der Waals surface area (Å²) in [5, 5.41) is 0. The van der Waals surface area contributed by atoms with Crippen molar-refractivity contribution in [1.82, 2.24) is 0 Å². The second kappa shape index (κ2) is 3.88. The predicted octanol–water partition coefficient (Wildman–Crippen LogP) is 3.50. The SMILES string of the molecule is Cc1ccc(OC2CC(=O)C2(C)C)c(Br)c1. The summed E-state index contributed by atoms with van der Waals surface area (Å²) in [6, 6.07) is 5.97. The molecule has 0 aliphatic heterocycles. The summed E-state index contributed by atoms with van der Waals surface area (Å²) in [7, 11) is 0. The molecule has 2 rings (SSSR count). The monoisotopic (exact) mass is 282 g/mol. The van der Waals surface area contributed by atoms with Gasteiger partial charge < -0.3 is 4.74 Å². The van der Waals surface area contributed by atoms with Crippen LogP contribution in [-0.4, -0.2) is 11.9 Å². The molecule has 1 aliphatic carbocycles. The zero-order valence-corrected chi connectivity index (χ0v) is 11.3. The Labute approximate surface area is 104 Å². The first-order valence-electron chi connectivity index (χ1n) is 5.37. The van der Waals surface area contributed by atoms with E-state index in [2.05, 4.69) is 15.9 Å². The largest absolute Gasteiger partial charge is 0.488 e. The first kappa shape index (κ1) is 11.6. The fourth-order valence-corrected chi connectivity index (χ4v) is 2.37. The molecule has 0 saturated heterocycles. The minimum atomic E-state index is -0.343. The van der Waals surface area contributed by atoms with Crippen LogP contribution >= 0.6 is 15.9 Å². The number of hydrogen-bond acceptors (Lipinski definition) is 2. The van der Waals surface area contributed by atoms with E-state index in [4.69, 9.17) is 4.74 Å². The van der Waals surface area contributed by atoms with Crippen LogP contribution in [0.2, 0.25) is 0 Å². The Hall–Kier alpha value is -0.830. The summed E-state index contributed by atoms with van der Waals surface area (Å²) < 4.78 is 6.80. The third kappa shape index (κ3) is 1.88. The summed E-state index contributed by atoms with van der Waals surface area (Å²) in [5.41, 5.74) is 0.841. The van der Waals surface area contributed by atoms with Crippen LogP contribution in [0, 0.1) is 12.3 Å². The third-order valence-electron chi connectivity index (χ3n) is 3.25. The summed E-state index contributed by atoms with van der Waals surface area (Å²) >= 11 is 3.47. The van der Waals surface area contributed by atoms with Crippen LogP contribution in [0.25, 0.3) is 0 Å². The fourth-order valence-electron chi connectivity index (χ4n) is 1.78. The van der Waals surface area contributed by atoms with E-state index in [1.54, 1.807) is 0 Å². The normalized spacial score (nSPS) is 22.8. The Morgan fingerprint density at radius 1 is 1.44 bits per heavy atom. The highest BCUT2D eigenvalue weighted by atomic mass is 79.9. The average molecular weight is 283 g/mol. The van der Waals surface area contributed by atoms with Gasteiger partial charge in [-0.05, 0) is 54.4 Å². The summed E-state index contributed by atoms with van der Waals surface area (Å²) in [6.07, 6.45) is 0.520. The molecule has 1 unspecified atom stereocenters. The van der Waals surface area contributed by atoms with Crippen molar-refractivity contribution in [3.8, 4) is 5.75 Å². The fraction of sp³-hybridized carbons (Fsp3) is 0.462. The molecule has 86 valence electrons. The van der Waals surface area contributed by atoms with Gasteiger partial charge >= 0.3 is 0 Å². The lowest BCUT2D eigenvalue weighted by Gasteiger charge is -2.42. The molecule has 2 nitrogen and oxygen atoms in total. The summed E-state index contributed by atoms with van der Waals surface area (Å²) in [5.74, 6) is 1.09. The maximum atomic E-state index is 11.4. The number of carbonyl (C=O) groups is 1. The van der Waals surface area contributed by atoms with Gasteiger partial charge in [-0.3, -0.25) is 4.79 Å². The molecular weight excluding hydrogens is 268 g/mol. The van der Waals surface area contributed by atoms with Gasteiger partial charge in [0.1, 0.15) is 17.6 Å². The number of carbonyl (C=O) groups excluding carboxylic acids is 1. The van der Waals surface area contributed by atoms with E-state index in [1.165, 1.54) is 5.56 Å². The van der Waals surface area contributed by atoms with Gasteiger partial charge in [0, 0.05) is 6.42 Å². The van der Waals surface area contributed by atoms with Gasteiger partial charge in [-0.2, -0.15) is 0 Å². The Morgan fingerprint density at radius 3 is 2.62 bits per heavy atom. The first-order valence-corrected chi connectivity index (χ1v) is 6.16. The van der Waals surface area contributed by atoms with E-state index in [-0.39, 0.29) is 17.3 Å². The smallest absolute Gasteiger partial charge is 0.145 e. The third-order valence-corrected chi connectivity index (χ3v) is 3.87. The molecule has 1 atom stereocenters. The number of benzene rings is 1. The number of halogens is 1. The van der Waals surface area contributed by atoms with Gasteiger partial charge in [0.05, 0.1) is 9.89 Å². The molecule has 1 aromatic rings. The van der Waals surface area contributed by atoms with Gasteiger partial charge in [-0.1, -0.05) is 6.07 Å². The topological polar surface area (TPSA) is 26.3 Å². The van der Waals surface area contributed by atoms with E-state index in [1.807, 2.05) is 39.0 Å². The molecule has 0 spiro atoms. The molecule has 0 heterocycles. The van der Waals surface area contributed by atoms with Gasteiger partial charge in [-0.25, -0.2) is 0 Å². The van der Waals surface area contributed by atoms with Crippen molar-refractivity contribution >= 4 is 21.7 Å². The van der Waals surface area contributed by atoms with Crippen molar-refractivity contribution in [2.75, 3.05) is 0 Å². The molecule has 3 heteroatoms. The van der Waals surface area contributed by atoms with Gasteiger partial charge in [0.15, 0.2) is 0 Å². The maximum Gasteiger partial charge on any atom is 0.145 e. The van der Waals surface area contributed by atoms with E-state index in [0.29, 0.717) is 6.42 Å². The van der Waals surface area contributed by atoms with Crippen LogP contribution in [0.3, 0.4) is 0 Å². The quantitative estimate of drug-likeness (QED) is 0.830. The molecule has 0 amide bonds. The molecule has 0 bridgehead atoms. The minimum Gasteiger partial charge on any atom is -0.488 e. The molecule has 0 aromatic heterocycles. The van der Waals surface area contributed by atoms with Crippen molar-refractivity contribution in [2.24, 2.45) is 5.41 Å². The Morgan fingerprint density at radius 2 is 2.12 bits per heavy atom. The van der Waals surface area contributed by atoms with Crippen LogP contribution in [0.1, 0.15) is 25.8 Å². The zero-order chi connectivity index (χ0) is 11.9. The molecule has 1 aliphatic rings. The Balaban J connectivity index is 2.14. The van der Waals surface area contributed by atoms with Crippen molar-refractivity contribution in [2.45, 2.75) is 33.3 Å². The van der Waals surface area contributed by atoms with Crippen molar-refractivity contribution in [1.29, 1.82) is 0 Å². The molecule has 1 fully saturated rings. The second-order valence-corrected chi connectivity index (χ2v) is 5.74. The molecule has 0 N–H and O–H groups in total. The first-order chi connectivity index (χ1) is 7.41. The van der Waals surface area contributed by atoms with E-state index >= 15 is 0 Å². The standard InChI is InChI=1S/C13H15BrO2/c1-8-4-5-10(9(14)6-8)16-12-7-11(15)13(12,2)3/h4-6,12H,7H2,1-3H3. The zero-order valence-electron chi connectivity index (χ0n) is 9.71. The number of Topliss-reactive ketones (excluding diaryl/α,β-unsaturated/α-hetero) is 1. The number of ketones is 1. The summed E-state index contributed by atoms with van der Waals surface area (Å²) in [4.78, 5) is 11.4. The summed E-state index contributed by atoms with van der Waals surface area (Å²) in [6.45, 7) is 5.91. The van der Waals surface area contributed by atoms with E-state index in [0.717, 1.165) is 10.2 Å². The number of hydrogen-bond donors (Lipinski definition) is 0. The van der Waals surface area contributed by atoms with Gasteiger partial charge in [0.2, 0.25) is 0 Å². The lowest BCUT2D eigenvalue weighted by molar-refractivity contribution is -0.148. The Kier molecular flexibility index (Phi) is 2.82. The average Bonchev–Trinajstić information content (AvgIpc) is 2.21. The number of ether oxygens (including phenoxy) is 1. The van der Waals surface area contributed by atoms with E-state index in [9.17, 15) is 4.79 Å². The minimum absolute atomic E-state index is 0.000920. The van der Waals surface area contributed by atoms with Crippen LogP contribution in [0.4, 0.5) is 0 Å². The van der Waals surface area contributed by atoms with Gasteiger partial charge in [-0.15, -0.1) is 0 Å². The predicted molar refractivity (Wildman–Crippen MR) is 66.7 cm³/mol. The maximum absolute atomic E-state index is 11.4. The van der Waals surface area contributed by atoms with Crippen LogP contribution in [0.5, 0.6) is 5.75 Å².